The Balaban J connectivity index is 2.08. The molecule has 0 bridgehead atoms. The van der Waals surface area contributed by atoms with Crippen LogP contribution in [-0.4, -0.2) is 35.7 Å². The van der Waals surface area contributed by atoms with Crippen molar-refractivity contribution < 1.29 is 9.50 Å². The molecular weight excluding hydrogens is 265 g/mol. The topological polar surface area (TPSA) is 23.5 Å². The Morgan fingerprint density at radius 2 is 2.26 bits per heavy atom. The van der Waals surface area contributed by atoms with Crippen LogP contribution in [0.25, 0.3) is 0 Å². The van der Waals surface area contributed by atoms with E-state index in [9.17, 15) is 9.50 Å². The fourth-order valence-corrected chi connectivity index (χ4v) is 3.04. The highest BCUT2D eigenvalue weighted by Gasteiger charge is 2.28. The van der Waals surface area contributed by atoms with Crippen LogP contribution in [-0.2, 0) is 6.42 Å². The molecule has 19 heavy (non-hydrogen) atoms. The summed E-state index contributed by atoms with van der Waals surface area (Å²) in [6, 6.07) is 4.75. The summed E-state index contributed by atoms with van der Waals surface area (Å²) >= 11 is 6.06. The van der Waals surface area contributed by atoms with Gasteiger partial charge < -0.3 is 10.0 Å². The second-order valence-corrected chi connectivity index (χ2v) is 5.73. The van der Waals surface area contributed by atoms with Gasteiger partial charge in [0, 0.05) is 29.6 Å². The van der Waals surface area contributed by atoms with E-state index in [-0.39, 0.29) is 17.8 Å². The van der Waals surface area contributed by atoms with Crippen LogP contribution in [0.15, 0.2) is 18.2 Å². The molecule has 1 fully saturated rings. The minimum Gasteiger partial charge on any atom is -0.393 e. The predicted molar refractivity (Wildman–Crippen MR) is 76.0 cm³/mol. The van der Waals surface area contributed by atoms with Gasteiger partial charge in [0.1, 0.15) is 5.82 Å². The first-order valence-corrected chi connectivity index (χ1v) is 7.33. The Hall–Kier alpha value is -0.640. The first-order chi connectivity index (χ1) is 9.11. The number of nitrogens with zero attached hydrogens (tertiary/aromatic N) is 1. The van der Waals surface area contributed by atoms with Crippen molar-refractivity contribution in [1.82, 2.24) is 4.90 Å². The van der Waals surface area contributed by atoms with Gasteiger partial charge in [-0.25, -0.2) is 4.39 Å². The van der Waals surface area contributed by atoms with Crippen molar-refractivity contribution in [2.75, 3.05) is 19.6 Å². The Labute approximate surface area is 119 Å². The molecule has 1 saturated heterocycles. The first-order valence-electron chi connectivity index (χ1n) is 6.95. The van der Waals surface area contributed by atoms with Crippen molar-refractivity contribution >= 4 is 11.6 Å². The highest BCUT2D eigenvalue weighted by Crippen LogP contribution is 2.27. The first kappa shape index (κ1) is 14.8. The lowest BCUT2D eigenvalue weighted by Gasteiger charge is -2.36. The average Bonchev–Trinajstić information content (AvgIpc) is 2.38. The maximum Gasteiger partial charge on any atom is 0.127 e. The van der Waals surface area contributed by atoms with Gasteiger partial charge in [-0.2, -0.15) is 0 Å². The van der Waals surface area contributed by atoms with Crippen molar-refractivity contribution in [3.8, 4) is 0 Å². The van der Waals surface area contributed by atoms with E-state index in [2.05, 4.69) is 11.8 Å². The quantitative estimate of drug-likeness (QED) is 0.919. The van der Waals surface area contributed by atoms with Gasteiger partial charge in [-0.05, 0) is 37.9 Å². The van der Waals surface area contributed by atoms with E-state index in [0.717, 1.165) is 32.5 Å². The minimum atomic E-state index is -0.358. The number of halogens is 2. The number of likely N-dealkylation sites (tertiary alicyclic amines) is 1. The van der Waals surface area contributed by atoms with Crippen LogP contribution in [0.3, 0.4) is 0 Å². The molecule has 0 aliphatic carbocycles. The zero-order valence-corrected chi connectivity index (χ0v) is 12.0. The Morgan fingerprint density at radius 1 is 1.47 bits per heavy atom. The maximum absolute atomic E-state index is 13.8. The molecule has 1 aliphatic heterocycles. The smallest absolute Gasteiger partial charge is 0.127 e. The van der Waals surface area contributed by atoms with Gasteiger partial charge in [-0.15, -0.1) is 0 Å². The molecule has 1 aromatic rings. The summed E-state index contributed by atoms with van der Waals surface area (Å²) < 4.78 is 13.8. The van der Waals surface area contributed by atoms with E-state index < -0.39 is 0 Å². The largest absolute Gasteiger partial charge is 0.393 e. The normalized spacial score (nSPS) is 24.6. The van der Waals surface area contributed by atoms with E-state index in [1.807, 2.05) is 0 Å². The maximum atomic E-state index is 13.8. The Kier molecular flexibility index (Phi) is 5.20. The number of piperidine rings is 1. The number of rotatable bonds is 4. The van der Waals surface area contributed by atoms with Gasteiger partial charge in [0.2, 0.25) is 0 Å². The number of hydrogen-bond acceptors (Lipinski definition) is 2. The highest BCUT2D eigenvalue weighted by molar-refractivity contribution is 6.31. The Bertz CT molecular complexity index is 406. The molecule has 106 valence electrons. The molecule has 0 radical (unpaired) electrons. The van der Waals surface area contributed by atoms with Crippen molar-refractivity contribution in [1.29, 1.82) is 0 Å². The molecule has 1 N–H and O–H groups in total. The summed E-state index contributed by atoms with van der Waals surface area (Å²) in [5, 5.41) is 10.6. The molecule has 1 heterocycles. The SMILES string of the molecule is CCCN1CCC(O)C(Cc2c(F)cccc2Cl)C1. The molecule has 0 spiro atoms. The van der Waals surface area contributed by atoms with Crippen LogP contribution < -0.4 is 0 Å². The van der Waals surface area contributed by atoms with Gasteiger partial charge >= 0.3 is 0 Å². The van der Waals surface area contributed by atoms with E-state index in [0.29, 0.717) is 17.0 Å². The second kappa shape index (κ2) is 6.69. The van der Waals surface area contributed by atoms with Crippen molar-refractivity contribution in [2.24, 2.45) is 5.92 Å². The summed E-state index contributed by atoms with van der Waals surface area (Å²) in [5.74, 6) is -0.206. The van der Waals surface area contributed by atoms with Crippen molar-refractivity contribution in [2.45, 2.75) is 32.3 Å². The van der Waals surface area contributed by atoms with Crippen LogP contribution >= 0.6 is 11.6 Å². The van der Waals surface area contributed by atoms with Crippen LogP contribution in [0.5, 0.6) is 0 Å². The average molecular weight is 286 g/mol. The van der Waals surface area contributed by atoms with Crippen LogP contribution in [0.1, 0.15) is 25.3 Å². The summed E-state index contributed by atoms with van der Waals surface area (Å²) in [6.07, 6.45) is 2.01. The lowest BCUT2D eigenvalue weighted by molar-refractivity contribution is 0.0267. The summed E-state index contributed by atoms with van der Waals surface area (Å²) in [4.78, 5) is 2.34. The van der Waals surface area contributed by atoms with Gasteiger partial charge in [0.15, 0.2) is 0 Å². The lowest BCUT2D eigenvalue weighted by atomic mass is 9.88. The van der Waals surface area contributed by atoms with Gasteiger partial charge in [0.25, 0.3) is 0 Å². The lowest BCUT2D eigenvalue weighted by Crippen LogP contribution is -2.44. The molecule has 4 heteroatoms. The van der Waals surface area contributed by atoms with Gasteiger partial charge in [0.05, 0.1) is 6.10 Å². The van der Waals surface area contributed by atoms with Crippen molar-refractivity contribution in [3.05, 3.63) is 34.6 Å². The second-order valence-electron chi connectivity index (χ2n) is 5.32. The van der Waals surface area contributed by atoms with Gasteiger partial charge in [-0.1, -0.05) is 24.6 Å². The molecule has 1 aliphatic rings. The molecule has 2 atom stereocenters. The van der Waals surface area contributed by atoms with E-state index in [1.54, 1.807) is 12.1 Å². The molecule has 0 amide bonds. The standard InChI is InChI=1S/C15H21ClFNO/c1-2-7-18-8-6-15(19)11(10-18)9-12-13(16)4-3-5-14(12)17/h3-5,11,15,19H,2,6-10H2,1H3. The Morgan fingerprint density at radius 3 is 2.95 bits per heavy atom. The number of aliphatic hydroxyl groups excluding tert-OH is 1. The molecule has 2 rings (SSSR count). The van der Waals surface area contributed by atoms with E-state index in [1.165, 1.54) is 6.07 Å². The number of aliphatic hydroxyl groups is 1. The monoisotopic (exact) mass is 285 g/mol. The zero-order chi connectivity index (χ0) is 13.8. The highest BCUT2D eigenvalue weighted by atomic mass is 35.5. The summed E-state index contributed by atoms with van der Waals surface area (Å²) in [5.41, 5.74) is 0.534. The van der Waals surface area contributed by atoms with Crippen LogP contribution in [0.2, 0.25) is 5.02 Å². The molecule has 0 aromatic heterocycles. The van der Waals surface area contributed by atoms with E-state index >= 15 is 0 Å². The molecular formula is C15H21ClFNO. The van der Waals surface area contributed by atoms with Crippen LogP contribution in [0, 0.1) is 11.7 Å². The minimum absolute atomic E-state index is 0.0645. The zero-order valence-electron chi connectivity index (χ0n) is 11.3. The fourth-order valence-electron chi connectivity index (χ4n) is 2.80. The van der Waals surface area contributed by atoms with E-state index in [4.69, 9.17) is 11.6 Å². The molecule has 2 unspecified atom stereocenters. The third-order valence-corrected chi connectivity index (χ3v) is 4.20. The molecule has 0 saturated carbocycles. The fraction of sp³-hybridized carbons (Fsp3) is 0.600. The number of hydrogen-bond donors (Lipinski definition) is 1. The predicted octanol–water partition coefficient (Wildman–Crippen LogP) is 3.11. The molecule has 1 aromatic carbocycles. The number of benzene rings is 1. The summed E-state index contributed by atoms with van der Waals surface area (Å²) in [7, 11) is 0. The summed E-state index contributed by atoms with van der Waals surface area (Å²) in [6.45, 7) is 4.93. The molecule has 2 nitrogen and oxygen atoms in total. The third-order valence-electron chi connectivity index (χ3n) is 3.85. The van der Waals surface area contributed by atoms with Crippen LogP contribution in [0.4, 0.5) is 4.39 Å². The third kappa shape index (κ3) is 3.68. The van der Waals surface area contributed by atoms with Gasteiger partial charge in [-0.3, -0.25) is 0 Å². The van der Waals surface area contributed by atoms with Crippen molar-refractivity contribution in [3.63, 3.8) is 0 Å².